The molecule has 100 valence electrons. The van der Waals surface area contributed by atoms with Crippen molar-refractivity contribution in [1.29, 1.82) is 0 Å². The Labute approximate surface area is 114 Å². The zero-order chi connectivity index (χ0) is 13.0. The van der Waals surface area contributed by atoms with E-state index in [-0.39, 0.29) is 12.1 Å². The van der Waals surface area contributed by atoms with Gasteiger partial charge in [0.05, 0.1) is 18.8 Å². The summed E-state index contributed by atoms with van der Waals surface area (Å²) in [6.45, 7) is 5.89. The van der Waals surface area contributed by atoms with Gasteiger partial charge < -0.3 is 13.9 Å². The van der Waals surface area contributed by atoms with Gasteiger partial charge in [0.1, 0.15) is 12.4 Å². The molecule has 6 heteroatoms. The molecule has 0 amide bonds. The van der Waals surface area contributed by atoms with E-state index in [0.717, 1.165) is 32.8 Å². The van der Waals surface area contributed by atoms with Crippen LogP contribution >= 0.6 is 15.9 Å². The van der Waals surface area contributed by atoms with Gasteiger partial charge >= 0.3 is 5.97 Å². The molecule has 0 radical (unpaired) electrons. The van der Waals surface area contributed by atoms with E-state index >= 15 is 0 Å². The summed E-state index contributed by atoms with van der Waals surface area (Å²) >= 11 is 3.15. The molecule has 1 fully saturated rings. The van der Waals surface area contributed by atoms with Crippen LogP contribution in [0.3, 0.4) is 0 Å². The lowest BCUT2D eigenvalue weighted by Crippen LogP contribution is -2.41. The van der Waals surface area contributed by atoms with Crippen LogP contribution in [0.5, 0.6) is 0 Å². The predicted octanol–water partition coefficient (Wildman–Crippen LogP) is 1.92. The third kappa shape index (κ3) is 3.83. The molecule has 0 bridgehead atoms. The monoisotopic (exact) mass is 317 g/mol. The summed E-state index contributed by atoms with van der Waals surface area (Å²) in [6, 6.07) is 1.60. The number of carbonyl (C=O) groups is 1. The molecule has 0 N–H and O–H groups in total. The molecule has 1 saturated heterocycles. The molecular formula is C12H16BrNO4. The summed E-state index contributed by atoms with van der Waals surface area (Å²) in [7, 11) is 0. The zero-order valence-electron chi connectivity index (χ0n) is 10.2. The maximum atomic E-state index is 11.8. The van der Waals surface area contributed by atoms with Crippen LogP contribution in [0.25, 0.3) is 0 Å². The van der Waals surface area contributed by atoms with Crippen LogP contribution in [-0.2, 0) is 9.47 Å². The van der Waals surface area contributed by atoms with Gasteiger partial charge in [0.2, 0.25) is 0 Å². The Kier molecular flexibility index (Phi) is 4.79. The highest BCUT2D eigenvalue weighted by Gasteiger charge is 2.18. The number of esters is 1. The average Bonchev–Trinajstić information content (AvgIpc) is 2.77. The molecule has 2 rings (SSSR count). The normalized spacial score (nSPS) is 18.6. The number of rotatable bonds is 4. The smallest absolute Gasteiger partial charge is 0.341 e. The molecule has 1 atom stereocenters. The average molecular weight is 318 g/mol. The highest BCUT2D eigenvalue weighted by Crippen LogP contribution is 2.15. The Bertz CT molecular complexity index is 401. The van der Waals surface area contributed by atoms with Crippen molar-refractivity contribution in [2.24, 2.45) is 0 Å². The van der Waals surface area contributed by atoms with Crippen molar-refractivity contribution in [3.8, 4) is 0 Å². The summed E-state index contributed by atoms with van der Waals surface area (Å²) in [5.41, 5.74) is 0.427. The van der Waals surface area contributed by atoms with Crippen LogP contribution in [0.15, 0.2) is 21.4 Å². The second kappa shape index (κ2) is 6.36. The quantitative estimate of drug-likeness (QED) is 0.794. The van der Waals surface area contributed by atoms with Crippen molar-refractivity contribution in [3.05, 3.63) is 22.6 Å². The molecule has 0 aromatic carbocycles. The van der Waals surface area contributed by atoms with Crippen molar-refractivity contribution in [2.45, 2.75) is 13.0 Å². The van der Waals surface area contributed by atoms with E-state index in [1.807, 2.05) is 6.92 Å². The largest absolute Gasteiger partial charge is 0.458 e. The molecule has 0 aliphatic carbocycles. The zero-order valence-corrected chi connectivity index (χ0v) is 11.8. The Balaban J connectivity index is 1.79. The molecule has 0 saturated carbocycles. The first-order valence-corrected chi connectivity index (χ1v) is 6.69. The molecule has 0 spiro atoms. The van der Waals surface area contributed by atoms with Crippen LogP contribution < -0.4 is 0 Å². The van der Waals surface area contributed by atoms with Gasteiger partial charge in [-0.15, -0.1) is 0 Å². The fourth-order valence-electron chi connectivity index (χ4n) is 1.85. The summed E-state index contributed by atoms with van der Waals surface area (Å²) in [4.78, 5) is 14.0. The second-order valence-corrected chi connectivity index (χ2v) is 5.05. The SMILES string of the molecule is C[C@H](CN1CCOCC1)OC(=O)c1coc(Br)c1. The van der Waals surface area contributed by atoms with Gasteiger partial charge in [-0.2, -0.15) is 0 Å². The minimum Gasteiger partial charge on any atom is -0.458 e. The number of nitrogens with zero attached hydrogens (tertiary/aromatic N) is 1. The first-order chi connectivity index (χ1) is 8.65. The van der Waals surface area contributed by atoms with Crippen LogP contribution in [0, 0.1) is 0 Å². The second-order valence-electron chi connectivity index (χ2n) is 4.27. The van der Waals surface area contributed by atoms with Crippen LogP contribution in [-0.4, -0.2) is 49.8 Å². The van der Waals surface area contributed by atoms with Crippen LogP contribution in [0.4, 0.5) is 0 Å². The predicted molar refractivity (Wildman–Crippen MR) is 68.5 cm³/mol. The summed E-state index contributed by atoms with van der Waals surface area (Å²) in [6.07, 6.45) is 1.23. The Morgan fingerprint density at radius 1 is 1.56 bits per heavy atom. The Morgan fingerprint density at radius 2 is 2.28 bits per heavy atom. The van der Waals surface area contributed by atoms with E-state index in [2.05, 4.69) is 20.8 Å². The van der Waals surface area contributed by atoms with Gasteiger partial charge in [0.15, 0.2) is 4.67 Å². The molecule has 18 heavy (non-hydrogen) atoms. The lowest BCUT2D eigenvalue weighted by atomic mass is 10.3. The van der Waals surface area contributed by atoms with Gasteiger partial charge in [-0.1, -0.05) is 0 Å². The molecule has 1 aliphatic rings. The standard InChI is InChI=1S/C12H16BrNO4/c1-9(7-14-2-4-16-5-3-14)18-12(15)10-6-11(13)17-8-10/h6,8-9H,2-5,7H2,1H3/t9-/m1/s1. The van der Waals surface area contributed by atoms with E-state index < -0.39 is 0 Å². The summed E-state index contributed by atoms with van der Waals surface area (Å²) in [5, 5.41) is 0. The lowest BCUT2D eigenvalue weighted by molar-refractivity contribution is 0.000415. The lowest BCUT2D eigenvalue weighted by Gasteiger charge is -2.28. The van der Waals surface area contributed by atoms with E-state index in [0.29, 0.717) is 10.2 Å². The molecule has 0 unspecified atom stereocenters. The summed E-state index contributed by atoms with van der Waals surface area (Å²) in [5.74, 6) is -0.356. The number of ether oxygens (including phenoxy) is 2. The van der Waals surface area contributed by atoms with Gasteiger partial charge in [-0.05, 0) is 22.9 Å². The number of halogens is 1. The third-order valence-corrected chi connectivity index (χ3v) is 3.15. The van der Waals surface area contributed by atoms with Crippen LogP contribution in [0.1, 0.15) is 17.3 Å². The van der Waals surface area contributed by atoms with Gasteiger partial charge in [-0.25, -0.2) is 4.79 Å². The minimum atomic E-state index is -0.356. The fourth-order valence-corrected chi connectivity index (χ4v) is 2.19. The topological polar surface area (TPSA) is 51.9 Å². The number of hydrogen-bond donors (Lipinski definition) is 0. The summed E-state index contributed by atoms with van der Waals surface area (Å²) < 4.78 is 16.1. The minimum absolute atomic E-state index is 0.149. The van der Waals surface area contributed by atoms with Crippen molar-refractivity contribution in [3.63, 3.8) is 0 Å². The molecule has 1 aromatic heterocycles. The Morgan fingerprint density at radius 3 is 2.89 bits per heavy atom. The molecular weight excluding hydrogens is 302 g/mol. The molecule has 1 aromatic rings. The van der Waals surface area contributed by atoms with Crippen molar-refractivity contribution >= 4 is 21.9 Å². The number of hydrogen-bond acceptors (Lipinski definition) is 5. The van der Waals surface area contributed by atoms with Crippen LogP contribution in [0.2, 0.25) is 0 Å². The maximum absolute atomic E-state index is 11.8. The van der Waals surface area contributed by atoms with Crippen molar-refractivity contribution < 1.29 is 18.7 Å². The van der Waals surface area contributed by atoms with E-state index in [4.69, 9.17) is 13.9 Å². The number of carbonyl (C=O) groups excluding carboxylic acids is 1. The first kappa shape index (κ1) is 13.6. The maximum Gasteiger partial charge on any atom is 0.341 e. The van der Waals surface area contributed by atoms with Gasteiger partial charge in [-0.3, -0.25) is 4.90 Å². The molecule has 5 nitrogen and oxygen atoms in total. The Hall–Kier alpha value is -0.850. The van der Waals surface area contributed by atoms with E-state index in [1.54, 1.807) is 6.07 Å². The molecule has 2 heterocycles. The van der Waals surface area contributed by atoms with E-state index in [9.17, 15) is 4.79 Å². The number of morpholine rings is 1. The highest BCUT2D eigenvalue weighted by molar-refractivity contribution is 9.10. The van der Waals surface area contributed by atoms with Crippen molar-refractivity contribution in [2.75, 3.05) is 32.8 Å². The van der Waals surface area contributed by atoms with Gasteiger partial charge in [0.25, 0.3) is 0 Å². The highest BCUT2D eigenvalue weighted by atomic mass is 79.9. The van der Waals surface area contributed by atoms with Crippen molar-refractivity contribution in [1.82, 2.24) is 4.90 Å². The fraction of sp³-hybridized carbons (Fsp3) is 0.583. The molecule has 1 aliphatic heterocycles. The number of furan rings is 1. The van der Waals surface area contributed by atoms with Gasteiger partial charge in [0, 0.05) is 25.7 Å². The third-order valence-electron chi connectivity index (χ3n) is 2.73. The first-order valence-electron chi connectivity index (χ1n) is 5.90. The van der Waals surface area contributed by atoms with E-state index in [1.165, 1.54) is 6.26 Å².